The van der Waals surface area contributed by atoms with E-state index < -0.39 is 0 Å². The predicted octanol–water partition coefficient (Wildman–Crippen LogP) is 3.81. The highest BCUT2D eigenvalue weighted by Crippen LogP contribution is 2.24. The summed E-state index contributed by atoms with van der Waals surface area (Å²) in [6.07, 6.45) is 5.98. The van der Waals surface area contributed by atoms with Crippen molar-refractivity contribution in [2.75, 3.05) is 25.0 Å². The van der Waals surface area contributed by atoms with Crippen molar-refractivity contribution in [1.29, 1.82) is 0 Å². The van der Waals surface area contributed by atoms with Crippen LogP contribution in [-0.2, 0) is 4.79 Å². The summed E-state index contributed by atoms with van der Waals surface area (Å²) in [5, 5.41) is 6.47. The Balaban J connectivity index is 1.50. The van der Waals surface area contributed by atoms with Gasteiger partial charge in [-0.25, -0.2) is 0 Å². The van der Waals surface area contributed by atoms with Gasteiger partial charge in [-0.1, -0.05) is 24.6 Å². The standard InChI is InChI=1S/C21H29N3O2/c1-17(15-21(25)23-18-9-4-2-5-10-18)22-16-19(20-11-8-14-26-20)24-12-6-3-7-13-24/h2,4-5,8-11,14,17,19,22H,3,6-7,12-13,15-16H2,1H3,(H,23,25)/t17-,19-/m0/s1. The molecule has 3 rings (SSSR count). The van der Waals surface area contributed by atoms with E-state index in [9.17, 15) is 4.79 Å². The summed E-state index contributed by atoms with van der Waals surface area (Å²) < 4.78 is 5.68. The summed E-state index contributed by atoms with van der Waals surface area (Å²) in [6, 6.07) is 13.9. The summed E-state index contributed by atoms with van der Waals surface area (Å²) in [6.45, 7) is 5.05. The second kappa shape index (κ2) is 9.55. The first-order chi connectivity index (χ1) is 12.7. The van der Waals surface area contributed by atoms with E-state index in [4.69, 9.17) is 4.42 Å². The molecule has 2 atom stereocenters. The van der Waals surface area contributed by atoms with Gasteiger partial charge in [0.1, 0.15) is 5.76 Å². The van der Waals surface area contributed by atoms with Crippen LogP contribution in [0.3, 0.4) is 0 Å². The summed E-state index contributed by atoms with van der Waals surface area (Å²) in [5.74, 6) is 1.03. The largest absolute Gasteiger partial charge is 0.468 e. The third kappa shape index (κ3) is 5.44. The zero-order valence-corrected chi connectivity index (χ0v) is 15.5. The van der Waals surface area contributed by atoms with Crippen LogP contribution in [0.1, 0.15) is 44.4 Å². The number of rotatable bonds is 8. The Bertz CT molecular complexity index is 651. The second-order valence-electron chi connectivity index (χ2n) is 7.06. The number of amides is 1. The monoisotopic (exact) mass is 355 g/mol. The van der Waals surface area contributed by atoms with Gasteiger partial charge in [0.2, 0.25) is 5.91 Å². The Labute approximate surface area is 155 Å². The van der Waals surface area contributed by atoms with Crippen molar-refractivity contribution in [2.45, 2.75) is 44.7 Å². The molecule has 1 fully saturated rings. The number of carbonyl (C=O) groups is 1. The third-order valence-electron chi connectivity index (χ3n) is 4.91. The van der Waals surface area contributed by atoms with Gasteiger partial charge < -0.3 is 15.1 Å². The quantitative estimate of drug-likeness (QED) is 0.756. The summed E-state index contributed by atoms with van der Waals surface area (Å²) >= 11 is 0. The Morgan fingerprint density at radius 2 is 1.88 bits per heavy atom. The molecule has 2 aromatic rings. The Morgan fingerprint density at radius 1 is 1.12 bits per heavy atom. The van der Waals surface area contributed by atoms with Crippen molar-refractivity contribution in [3.63, 3.8) is 0 Å². The van der Waals surface area contributed by atoms with Crippen molar-refractivity contribution in [1.82, 2.24) is 10.2 Å². The van der Waals surface area contributed by atoms with Crippen molar-refractivity contribution in [2.24, 2.45) is 0 Å². The lowest BCUT2D eigenvalue weighted by Crippen LogP contribution is -2.41. The highest BCUT2D eigenvalue weighted by atomic mass is 16.3. The van der Waals surface area contributed by atoms with Crippen LogP contribution in [0.25, 0.3) is 0 Å². The highest BCUT2D eigenvalue weighted by molar-refractivity contribution is 5.90. The fourth-order valence-corrected chi connectivity index (χ4v) is 3.52. The molecule has 2 heterocycles. The van der Waals surface area contributed by atoms with Gasteiger partial charge in [0.05, 0.1) is 12.3 Å². The molecule has 0 bridgehead atoms. The van der Waals surface area contributed by atoms with E-state index in [0.29, 0.717) is 6.42 Å². The average molecular weight is 355 g/mol. The lowest BCUT2D eigenvalue weighted by Gasteiger charge is -2.34. The van der Waals surface area contributed by atoms with Crippen molar-refractivity contribution < 1.29 is 9.21 Å². The van der Waals surface area contributed by atoms with Crippen LogP contribution in [0.2, 0.25) is 0 Å². The molecule has 1 aliphatic rings. The van der Waals surface area contributed by atoms with Crippen molar-refractivity contribution >= 4 is 11.6 Å². The van der Waals surface area contributed by atoms with E-state index in [0.717, 1.165) is 31.1 Å². The first-order valence-corrected chi connectivity index (χ1v) is 9.58. The molecule has 0 spiro atoms. The molecule has 1 aromatic carbocycles. The molecule has 1 aromatic heterocycles. The normalized spacial score (nSPS) is 17.6. The summed E-state index contributed by atoms with van der Waals surface area (Å²) in [4.78, 5) is 14.7. The maximum atomic E-state index is 12.2. The topological polar surface area (TPSA) is 57.5 Å². The minimum Gasteiger partial charge on any atom is -0.468 e. The van der Waals surface area contributed by atoms with E-state index in [-0.39, 0.29) is 18.0 Å². The molecule has 5 heteroatoms. The number of nitrogens with one attached hydrogen (secondary N) is 2. The van der Waals surface area contributed by atoms with Crippen LogP contribution >= 0.6 is 0 Å². The fraction of sp³-hybridized carbons (Fsp3) is 0.476. The van der Waals surface area contributed by atoms with Crippen LogP contribution in [0.5, 0.6) is 0 Å². The van der Waals surface area contributed by atoms with Crippen LogP contribution in [0.15, 0.2) is 53.1 Å². The number of hydrogen-bond donors (Lipinski definition) is 2. The van der Waals surface area contributed by atoms with Gasteiger partial charge in [0.25, 0.3) is 0 Å². The van der Waals surface area contributed by atoms with Gasteiger partial charge in [-0.3, -0.25) is 9.69 Å². The summed E-state index contributed by atoms with van der Waals surface area (Å²) in [5.41, 5.74) is 0.839. The molecule has 26 heavy (non-hydrogen) atoms. The van der Waals surface area contributed by atoms with E-state index in [2.05, 4.69) is 22.5 Å². The maximum Gasteiger partial charge on any atom is 0.225 e. The number of likely N-dealkylation sites (tertiary alicyclic amines) is 1. The number of carbonyl (C=O) groups excluding carboxylic acids is 1. The molecule has 1 amide bonds. The second-order valence-corrected chi connectivity index (χ2v) is 7.06. The lowest BCUT2D eigenvalue weighted by molar-refractivity contribution is -0.116. The number of piperidine rings is 1. The first kappa shape index (κ1) is 18.7. The number of furan rings is 1. The van der Waals surface area contributed by atoms with Gasteiger partial charge >= 0.3 is 0 Å². The minimum atomic E-state index is 0.0312. The fourth-order valence-electron chi connectivity index (χ4n) is 3.52. The molecule has 1 saturated heterocycles. The number of anilines is 1. The summed E-state index contributed by atoms with van der Waals surface area (Å²) in [7, 11) is 0. The van der Waals surface area contributed by atoms with Gasteiger partial charge in [-0.05, 0) is 57.1 Å². The average Bonchev–Trinajstić information content (AvgIpc) is 3.18. The molecule has 0 radical (unpaired) electrons. The Hall–Kier alpha value is -2.11. The smallest absolute Gasteiger partial charge is 0.225 e. The van der Waals surface area contributed by atoms with Crippen LogP contribution in [0, 0.1) is 0 Å². The zero-order chi connectivity index (χ0) is 18.2. The number of hydrogen-bond acceptors (Lipinski definition) is 4. The molecule has 1 aliphatic heterocycles. The van der Waals surface area contributed by atoms with Gasteiger partial charge in [0.15, 0.2) is 0 Å². The van der Waals surface area contributed by atoms with Crippen molar-refractivity contribution in [3.05, 3.63) is 54.5 Å². The van der Waals surface area contributed by atoms with E-state index >= 15 is 0 Å². The highest BCUT2D eigenvalue weighted by Gasteiger charge is 2.24. The van der Waals surface area contributed by atoms with Crippen LogP contribution < -0.4 is 10.6 Å². The van der Waals surface area contributed by atoms with Crippen LogP contribution in [0.4, 0.5) is 5.69 Å². The van der Waals surface area contributed by atoms with Crippen molar-refractivity contribution in [3.8, 4) is 0 Å². The first-order valence-electron chi connectivity index (χ1n) is 9.58. The molecule has 5 nitrogen and oxygen atoms in total. The molecule has 140 valence electrons. The van der Waals surface area contributed by atoms with E-state index in [1.807, 2.05) is 42.5 Å². The molecule has 0 aliphatic carbocycles. The molecule has 2 N–H and O–H groups in total. The maximum absolute atomic E-state index is 12.2. The van der Waals surface area contributed by atoms with E-state index in [1.165, 1.54) is 19.3 Å². The number of para-hydroxylation sites is 1. The SMILES string of the molecule is C[C@@H](CC(=O)Nc1ccccc1)NC[C@@H](c1ccco1)N1CCCCC1. The molecule has 0 saturated carbocycles. The third-order valence-corrected chi connectivity index (χ3v) is 4.91. The molecular formula is C21H29N3O2. The number of benzene rings is 1. The van der Waals surface area contributed by atoms with Crippen LogP contribution in [-0.4, -0.2) is 36.5 Å². The molecular weight excluding hydrogens is 326 g/mol. The Morgan fingerprint density at radius 3 is 2.58 bits per heavy atom. The van der Waals surface area contributed by atoms with Gasteiger partial charge in [0, 0.05) is 24.7 Å². The van der Waals surface area contributed by atoms with Gasteiger partial charge in [-0.15, -0.1) is 0 Å². The number of nitrogens with zero attached hydrogens (tertiary/aromatic N) is 1. The van der Waals surface area contributed by atoms with E-state index in [1.54, 1.807) is 6.26 Å². The zero-order valence-electron chi connectivity index (χ0n) is 15.5. The predicted molar refractivity (Wildman–Crippen MR) is 104 cm³/mol. The minimum absolute atomic E-state index is 0.0312. The molecule has 0 unspecified atom stereocenters. The Kier molecular flexibility index (Phi) is 6.86. The van der Waals surface area contributed by atoms with Gasteiger partial charge in [-0.2, -0.15) is 0 Å². The lowest BCUT2D eigenvalue weighted by atomic mass is 10.1.